The highest BCUT2D eigenvalue weighted by molar-refractivity contribution is 5.82. The maximum Gasteiger partial charge on any atom is 0.157 e. The maximum absolute atomic E-state index is 13.2. The van der Waals surface area contributed by atoms with Gasteiger partial charge >= 0.3 is 0 Å². The Bertz CT molecular complexity index is 724. The third-order valence-electron chi connectivity index (χ3n) is 9.76. The molecule has 0 radical (unpaired) electrons. The second-order valence-electron chi connectivity index (χ2n) is 11.4. The van der Waals surface area contributed by atoms with Crippen molar-refractivity contribution in [1.82, 2.24) is 9.78 Å². The second kappa shape index (κ2) is 6.48. The first kappa shape index (κ1) is 19.0. The number of H-pyrrole nitrogens is 1. The zero-order valence-electron chi connectivity index (χ0n) is 17.9. The first-order valence-corrected chi connectivity index (χ1v) is 11.7. The lowest BCUT2D eigenvalue weighted by Crippen LogP contribution is -2.51. The van der Waals surface area contributed by atoms with Gasteiger partial charge in [0.05, 0.1) is 12.1 Å². The fourth-order valence-corrected chi connectivity index (χ4v) is 8.68. The summed E-state index contributed by atoms with van der Waals surface area (Å²) in [5, 5.41) is 13.7. The van der Waals surface area contributed by atoms with Gasteiger partial charge < -0.3 is 10.2 Å². The molecule has 28 heavy (non-hydrogen) atoms. The number of aromatic nitrogens is 2. The molecule has 4 aliphatic carbocycles. The van der Waals surface area contributed by atoms with Crippen LogP contribution in [0.1, 0.15) is 72.1 Å². The van der Waals surface area contributed by atoms with Crippen molar-refractivity contribution in [2.75, 3.05) is 0 Å². The molecule has 0 aromatic carbocycles. The molecular weight excluding hydrogens is 348 g/mol. The molecule has 156 valence electrons. The molecule has 0 aliphatic heterocycles. The topological polar surface area (TPSA) is 58.0 Å². The molecule has 0 amide bonds. The summed E-state index contributed by atoms with van der Waals surface area (Å²) in [6.07, 6.45) is 13.3. The van der Waals surface area contributed by atoms with E-state index in [1.54, 1.807) is 0 Å². The fraction of sp³-hybridized carbons (Fsp3) is 0.875. The van der Waals surface area contributed by atoms with Crippen LogP contribution in [0.4, 0.5) is 0 Å². The number of fused-ring (bicyclic) bond motifs is 5. The van der Waals surface area contributed by atoms with Crippen LogP contribution in [0.15, 0.2) is 12.4 Å². The quantitative estimate of drug-likeness (QED) is 0.794. The van der Waals surface area contributed by atoms with E-state index in [1.165, 1.54) is 32.1 Å². The zero-order chi connectivity index (χ0) is 19.7. The van der Waals surface area contributed by atoms with Gasteiger partial charge in [0.25, 0.3) is 0 Å². The van der Waals surface area contributed by atoms with Gasteiger partial charge in [-0.1, -0.05) is 13.8 Å². The van der Waals surface area contributed by atoms with Gasteiger partial charge in [0, 0.05) is 18.3 Å². The molecule has 1 heterocycles. The maximum atomic E-state index is 13.2. The zero-order valence-corrected chi connectivity index (χ0v) is 17.9. The monoisotopic (exact) mass is 386 g/mol. The lowest BCUT2D eigenvalue weighted by Gasteiger charge is -2.57. The molecule has 9 atom stereocenters. The van der Waals surface area contributed by atoms with Gasteiger partial charge in [-0.15, -0.1) is 0 Å². The molecule has 1 aromatic heterocycles. The Kier molecular flexibility index (Phi) is 4.39. The molecule has 5 rings (SSSR count). The molecule has 0 spiro atoms. The van der Waals surface area contributed by atoms with E-state index in [4.69, 9.17) is 0 Å². The van der Waals surface area contributed by atoms with Crippen molar-refractivity contribution < 1.29 is 9.90 Å². The first-order valence-electron chi connectivity index (χ1n) is 11.7. The molecule has 4 nitrogen and oxygen atoms in total. The van der Waals surface area contributed by atoms with Crippen molar-refractivity contribution in [2.45, 2.75) is 84.3 Å². The lowest BCUT2D eigenvalue weighted by molar-refractivity contribution is -0.133. The Labute approximate surface area is 169 Å². The fourth-order valence-electron chi connectivity index (χ4n) is 8.68. The summed E-state index contributed by atoms with van der Waals surface area (Å²) in [6, 6.07) is 0. The van der Waals surface area contributed by atoms with Gasteiger partial charge in [0.2, 0.25) is 0 Å². The number of aromatic amines is 1. The van der Waals surface area contributed by atoms with E-state index < -0.39 is 5.60 Å². The van der Waals surface area contributed by atoms with Crippen LogP contribution in [-0.4, -0.2) is 26.3 Å². The number of carbonyl (C=O) groups is 1. The Morgan fingerprint density at radius 3 is 2.61 bits per heavy atom. The smallest absolute Gasteiger partial charge is 0.157 e. The van der Waals surface area contributed by atoms with Crippen LogP contribution >= 0.6 is 0 Å². The minimum absolute atomic E-state index is 0.194. The van der Waals surface area contributed by atoms with Crippen LogP contribution in [-0.2, 0) is 11.3 Å². The summed E-state index contributed by atoms with van der Waals surface area (Å²) in [5.41, 5.74) is -0.242. The Morgan fingerprint density at radius 1 is 1.14 bits per heavy atom. The van der Waals surface area contributed by atoms with Crippen LogP contribution in [0, 0.1) is 46.8 Å². The summed E-state index contributed by atoms with van der Waals surface area (Å²) in [6.45, 7) is 7.45. The number of nitrogens with one attached hydrogen (secondary N) is 1. The average Bonchev–Trinajstić information content (AvgIpc) is 2.88. The molecule has 1 aromatic rings. The van der Waals surface area contributed by atoms with Crippen LogP contribution in [0.25, 0.3) is 0 Å². The molecule has 0 saturated heterocycles. The highest BCUT2D eigenvalue weighted by Crippen LogP contribution is 2.66. The van der Waals surface area contributed by atoms with E-state index in [2.05, 4.69) is 18.9 Å². The Hall–Kier alpha value is -1.03. The van der Waals surface area contributed by atoms with E-state index >= 15 is 0 Å². The second-order valence-corrected chi connectivity index (χ2v) is 11.4. The van der Waals surface area contributed by atoms with Crippen molar-refractivity contribution >= 4 is 5.78 Å². The van der Waals surface area contributed by atoms with E-state index in [0.717, 1.165) is 42.9 Å². The Morgan fingerprint density at radius 2 is 1.89 bits per heavy atom. The highest BCUT2D eigenvalue weighted by atomic mass is 16.3. The number of nitrogens with zero attached hydrogens (tertiary/aromatic N) is 1. The summed E-state index contributed by atoms with van der Waals surface area (Å²) < 4.78 is 1.93. The van der Waals surface area contributed by atoms with E-state index in [9.17, 15) is 9.90 Å². The standard InChI is InChI=1S/C24H38N2O2/c1-15-12-20(21(27)14-26-11-10-25-26)24(3)9-7-18-17-6-8-23(2,28)13-16(17)4-5-19(18)22(15)24/h10-11,15-20,22,25,28H,4-9,12-14H2,1-3H3/t15-,16-,17+,18-,19-,20-,22?,23-,24-/m1/s1. The van der Waals surface area contributed by atoms with Gasteiger partial charge in [-0.25, -0.2) is 0 Å². The molecule has 2 N–H and O–H groups in total. The first-order chi connectivity index (χ1) is 13.3. The van der Waals surface area contributed by atoms with Crippen LogP contribution in [0.5, 0.6) is 0 Å². The Balaban J connectivity index is 1.36. The summed E-state index contributed by atoms with van der Waals surface area (Å²) >= 11 is 0. The van der Waals surface area contributed by atoms with Crippen molar-refractivity contribution in [3.8, 4) is 0 Å². The van der Waals surface area contributed by atoms with Gasteiger partial charge in [-0.05, 0) is 99.2 Å². The van der Waals surface area contributed by atoms with Gasteiger partial charge in [-0.2, -0.15) is 0 Å². The third kappa shape index (κ3) is 2.85. The van der Waals surface area contributed by atoms with Gasteiger partial charge in [0.15, 0.2) is 5.78 Å². The van der Waals surface area contributed by atoms with Crippen molar-refractivity contribution in [3.63, 3.8) is 0 Å². The molecular formula is C24H38N2O2. The number of carbonyl (C=O) groups excluding carboxylic acids is 1. The largest absolute Gasteiger partial charge is 0.390 e. The molecule has 4 saturated carbocycles. The van der Waals surface area contributed by atoms with Gasteiger partial charge in [-0.3, -0.25) is 9.48 Å². The molecule has 4 aliphatic rings. The SMILES string of the molecule is C[C@@H]1C[C@H](C(=O)Cn2cc[nH]2)[C@@]2(C)CC[C@@H]3[C@H]4CC[C@@](C)(O)C[C@H]4CC[C@H]3C12. The number of ketones is 1. The van der Waals surface area contributed by atoms with Crippen LogP contribution < -0.4 is 0 Å². The number of rotatable bonds is 3. The number of hydrogen-bond acceptors (Lipinski definition) is 2. The summed E-state index contributed by atoms with van der Waals surface area (Å²) in [4.78, 5) is 13.2. The number of hydrogen-bond donors (Lipinski definition) is 2. The predicted molar refractivity (Wildman–Crippen MR) is 110 cm³/mol. The molecule has 1 unspecified atom stereocenters. The van der Waals surface area contributed by atoms with Crippen LogP contribution in [0.2, 0.25) is 0 Å². The third-order valence-corrected chi connectivity index (χ3v) is 9.76. The average molecular weight is 387 g/mol. The number of Topliss-reactive ketones (excluding diaryl/α,β-unsaturated/α-hetero) is 1. The van der Waals surface area contributed by atoms with Crippen molar-refractivity contribution in [2.24, 2.45) is 46.8 Å². The van der Waals surface area contributed by atoms with Crippen molar-refractivity contribution in [3.05, 3.63) is 12.4 Å². The van der Waals surface area contributed by atoms with Gasteiger partial charge in [0.1, 0.15) is 0 Å². The molecule has 4 fully saturated rings. The lowest BCUT2D eigenvalue weighted by atomic mass is 9.48. The van der Waals surface area contributed by atoms with E-state index in [0.29, 0.717) is 24.2 Å². The molecule has 4 heteroatoms. The van der Waals surface area contributed by atoms with E-state index in [1.807, 2.05) is 24.0 Å². The van der Waals surface area contributed by atoms with E-state index in [-0.39, 0.29) is 11.3 Å². The minimum atomic E-state index is -0.436. The van der Waals surface area contributed by atoms with Crippen molar-refractivity contribution in [1.29, 1.82) is 0 Å². The summed E-state index contributed by atoms with van der Waals surface area (Å²) in [5.74, 6) is 5.23. The highest BCUT2D eigenvalue weighted by Gasteiger charge is 2.60. The predicted octanol–water partition coefficient (Wildman–Crippen LogP) is 4.65. The molecule has 0 bridgehead atoms. The minimum Gasteiger partial charge on any atom is -0.390 e. The van der Waals surface area contributed by atoms with Crippen LogP contribution in [0.3, 0.4) is 0 Å². The summed E-state index contributed by atoms with van der Waals surface area (Å²) in [7, 11) is 0. The normalized spacial score (nSPS) is 50.6. The number of aliphatic hydroxyl groups is 1.